The fourth-order valence-electron chi connectivity index (χ4n) is 1.39. The first kappa shape index (κ1) is 11.5. The number of aromatic nitrogens is 3. The summed E-state index contributed by atoms with van der Waals surface area (Å²) in [6.45, 7) is 0.981. The molecule has 0 radical (unpaired) electrons. The van der Waals surface area contributed by atoms with Gasteiger partial charge >= 0.3 is 0 Å². The average Bonchev–Trinajstić information content (AvgIpc) is 2.77. The van der Waals surface area contributed by atoms with Crippen LogP contribution in [0.2, 0.25) is 0 Å². The summed E-state index contributed by atoms with van der Waals surface area (Å²) in [5.74, 6) is -0.260. The maximum Gasteiger partial charge on any atom is 0.123 e. The molecule has 1 heterocycles. The van der Waals surface area contributed by atoms with Gasteiger partial charge in [-0.2, -0.15) is 0 Å². The first-order chi connectivity index (χ1) is 8.28. The lowest BCUT2D eigenvalue weighted by Crippen LogP contribution is -2.02. The maximum atomic E-state index is 12.7. The molecule has 1 aromatic carbocycles. The first-order valence-corrected chi connectivity index (χ1v) is 5.27. The molecule has 2 N–H and O–H groups in total. The molecule has 2 rings (SSSR count). The number of benzene rings is 1. The van der Waals surface area contributed by atoms with Gasteiger partial charge in [0.05, 0.1) is 25.9 Å². The van der Waals surface area contributed by atoms with Crippen LogP contribution in [-0.4, -0.2) is 26.7 Å². The van der Waals surface area contributed by atoms with Gasteiger partial charge in [-0.25, -0.2) is 9.07 Å². The van der Waals surface area contributed by atoms with E-state index in [-0.39, 0.29) is 12.4 Å². The summed E-state index contributed by atoms with van der Waals surface area (Å²) in [6.07, 6.45) is 1.76. The van der Waals surface area contributed by atoms with Crippen molar-refractivity contribution in [2.75, 3.05) is 11.9 Å². The fraction of sp³-hybridized carbons (Fsp3) is 0.273. The number of rotatable bonds is 5. The highest BCUT2D eigenvalue weighted by Crippen LogP contribution is 2.09. The van der Waals surface area contributed by atoms with E-state index in [1.807, 2.05) is 0 Å². The molecule has 0 amide bonds. The van der Waals surface area contributed by atoms with Crippen molar-refractivity contribution in [2.45, 2.75) is 13.1 Å². The number of anilines is 1. The summed E-state index contributed by atoms with van der Waals surface area (Å²) in [6, 6.07) is 6.11. The number of aliphatic hydroxyl groups is 1. The van der Waals surface area contributed by atoms with Crippen molar-refractivity contribution < 1.29 is 9.50 Å². The summed E-state index contributed by atoms with van der Waals surface area (Å²) < 4.78 is 14.2. The topological polar surface area (TPSA) is 63.0 Å². The van der Waals surface area contributed by atoms with Crippen LogP contribution >= 0.6 is 0 Å². The highest BCUT2D eigenvalue weighted by molar-refractivity contribution is 5.42. The van der Waals surface area contributed by atoms with Crippen LogP contribution in [0.3, 0.4) is 0 Å². The van der Waals surface area contributed by atoms with Crippen LogP contribution in [0.15, 0.2) is 30.5 Å². The van der Waals surface area contributed by atoms with E-state index in [9.17, 15) is 4.39 Å². The number of halogens is 1. The molecule has 0 saturated heterocycles. The van der Waals surface area contributed by atoms with Crippen LogP contribution < -0.4 is 5.32 Å². The highest BCUT2D eigenvalue weighted by Gasteiger charge is 2.00. The van der Waals surface area contributed by atoms with Gasteiger partial charge in [0.15, 0.2) is 0 Å². The minimum absolute atomic E-state index is 0.0359. The molecule has 0 aliphatic carbocycles. The molecular formula is C11H13FN4O. The Labute approximate surface area is 97.9 Å². The summed E-state index contributed by atoms with van der Waals surface area (Å²) in [5, 5.41) is 19.6. The largest absolute Gasteiger partial charge is 0.394 e. The number of hydrogen-bond donors (Lipinski definition) is 2. The number of aliphatic hydroxyl groups excluding tert-OH is 1. The van der Waals surface area contributed by atoms with Crippen LogP contribution in [0.5, 0.6) is 0 Å². The van der Waals surface area contributed by atoms with E-state index in [2.05, 4.69) is 15.6 Å². The Hall–Kier alpha value is -1.95. The molecule has 5 nitrogen and oxygen atoms in total. The van der Waals surface area contributed by atoms with E-state index in [0.717, 1.165) is 11.4 Å². The standard InChI is InChI=1S/C11H13FN4O/c12-9-1-3-10(4-2-9)13-7-11-8-16(5-6-17)15-14-11/h1-4,8,13,17H,5-7H2. The van der Waals surface area contributed by atoms with Crippen LogP contribution in [0.25, 0.3) is 0 Å². The second kappa shape index (κ2) is 5.40. The summed E-state index contributed by atoms with van der Waals surface area (Å²) >= 11 is 0. The van der Waals surface area contributed by atoms with Crippen molar-refractivity contribution in [1.82, 2.24) is 15.0 Å². The third-order valence-corrected chi connectivity index (χ3v) is 2.23. The zero-order valence-corrected chi connectivity index (χ0v) is 9.17. The SMILES string of the molecule is OCCn1cc(CNc2ccc(F)cc2)nn1. The van der Waals surface area contributed by atoms with Gasteiger partial charge in [-0.05, 0) is 24.3 Å². The van der Waals surface area contributed by atoms with Gasteiger partial charge < -0.3 is 10.4 Å². The molecule has 0 bridgehead atoms. The van der Waals surface area contributed by atoms with Crippen LogP contribution in [0.4, 0.5) is 10.1 Å². The lowest BCUT2D eigenvalue weighted by atomic mass is 10.3. The van der Waals surface area contributed by atoms with Crippen molar-refractivity contribution >= 4 is 5.69 Å². The van der Waals surface area contributed by atoms with Crippen molar-refractivity contribution in [3.8, 4) is 0 Å². The monoisotopic (exact) mass is 236 g/mol. The van der Waals surface area contributed by atoms with E-state index >= 15 is 0 Å². The zero-order chi connectivity index (χ0) is 12.1. The van der Waals surface area contributed by atoms with Crippen molar-refractivity contribution in [1.29, 1.82) is 0 Å². The molecule has 0 aliphatic rings. The number of nitrogens with one attached hydrogen (secondary N) is 1. The maximum absolute atomic E-state index is 12.7. The average molecular weight is 236 g/mol. The Bertz CT molecular complexity index is 469. The Morgan fingerprint density at radius 2 is 2.06 bits per heavy atom. The minimum Gasteiger partial charge on any atom is -0.394 e. The predicted molar refractivity (Wildman–Crippen MR) is 60.8 cm³/mol. The summed E-state index contributed by atoms with van der Waals surface area (Å²) in [7, 11) is 0. The van der Waals surface area contributed by atoms with E-state index in [1.54, 1.807) is 23.0 Å². The van der Waals surface area contributed by atoms with Crippen LogP contribution in [-0.2, 0) is 13.1 Å². The Morgan fingerprint density at radius 3 is 2.76 bits per heavy atom. The van der Waals surface area contributed by atoms with E-state index in [1.165, 1.54) is 12.1 Å². The lowest BCUT2D eigenvalue weighted by Gasteiger charge is -2.02. The fourth-order valence-corrected chi connectivity index (χ4v) is 1.39. The molecular weight excluding hydrogens is 223 g/mol. The molecule has 0 fully saturated rings. The molecule has 17 heavy (non-hydrogen) atoms. The van der Waals surface area contributed by atoms with Crippen molar-refractivity contribution in [2.24, 2.45) is 0 Å². The Balaban J connectivity index is 1.90. The lowest BCUT2D eigenvalue weighted by molar-refractivity contribution is 0.268. The van der Waals surface area contributed by atoms with Gasteiger partial charge in [-0.15, -0.1) is 5.10 Å². The molecule has 0 saturated carbocycles. The van der Waals surface area contributed by atoms with Crippen molar-refractivity contribution in [3.05, 3.63) is 42.0 Å². The molecule has 0 unspecified atom stereocenters. The zero-order valence-electron chi connectivity index (χ0n) is 9.17. The minimum atomic E-state index is -0.260. The Kier molecular flexibility index (Phi) is 3.66. The third-order valence-electron chi connectivity index (χ3n) is 2.23. The molecule has 0 atom stereocenters. The number of hydrogen-bond acceptors (Lipinski definition) is 4. The van der Waals surface area contributed by atoms with E-state index in [0.29, 0.717) is 13.1 Å². The van der Waals surface area contributed by atoms with Gasteiger partial charge in [-0.1, -0.05) is 5.21 Å². The summed E-state index contributed by atoms with van der Waals surface area (Å²) in [4.78, 5) is 0. The van der Waals surface area contributed by atoms with Crippen LogP contribution in [0, 0.1) is 5.82 Å². The van der Waals surface area contributed by atoms with Gasteiger partial charge in [0.2, 0.25) is 0 Å². The molecule has 1 aromatic heterocycles. The van der Waals surface area contributed by atoms with Crippen molar-refractivity contribution in [3.63, 3.8) is 0 Å². The molecule has 2 aromatic rings. The molecule has 0 aliphatic heterocycles. The molecule has 0 spiro atoms. The second-order valence-corrected chi connectivity index (χ2v) is 3.56. The highest BCUT2D eigenvalue weighted by atomic mass is 19.1. The predicted octanol–water partition coefficient (Wildman–Crippen LogP) is 1.02. The quantitative estimate of drug-likeness (QED) is 0.813. The second-order valence-electron chi connectivity index (χ2n) is 3.56. The molecule has 90 valence electrons. The van der Waals surface area contributed by atoms with Gasteiger partial charge in [-0.3, -0.25) is 0 Å². The van der Waals surface area contributed by atoms with Gasteiger partial charge in [0.1, 0.15) is 11.5 Å². The normalized spacial score (nSPS) is 10.5. The molecule has 6 heteroatoms. The van der Waals surface area contributed by atoms with E-state index in [4.69, 9.17) is 5.11 Å². The first-order valence-electron chi connectivity index (χ1n) is 5.27. The summed E-state index contributed by atoms with van der Waals surface area (Å²) in [5.41, 5.74) is 1.59. The van der Waals surface area contributed by atoms with Gasteiger partial charge in [0.25, 0.3) is 0 Å². The van der Waals surface area contributed by atoms with E-state index < -0.39 is 0 Å². The Morgan fingerprint density at radius 1 is 1.29 bits per heavy atom. The third kappa shape index (κ3) is 3.25. The van der Waals surface area contributed by atoms with Gasteiger partial charge in [0, 0.05) is 5.69 Å². The smallest absolute Gasteiger partial charge is 0.123 e. The number of nitrogens with zero attached hydrogens (tertiary/aromatic N) is 3. The van der Waals surface area contributed by atoms with Crippen LogP contribution in [0.1, 0.15) is 5.69 Å².